The van der Waals surface area contributed by atoms with E-state index in [0.717, 1.165) is 15.8 Å². The van der Waals surface area contributed by atoms with Gasteiger partial charge in [-0.1, -0.05) is 15.9 Å². The first kappa shape index (κ1) is 17.6. The molecule has 0 spiro atoms. The second-order valence-corrected chi connectivity index (χ2v) is 8.77. The number of nitrogens with zero attached hydrogens (tertiary/aromatic N) is 1. The van der Waals surface area contributed by atoms with Crippen LogP contribution in [0.25, 0.3) is 0 Å². The minimum absolute atomic E-state index is 0.108. The molecule has 3 rings (SSSR count). The topological polar surface area (TPSA) is 72.9 Å². The van der Waals surface area contributed by atoms with Crippen molar-refractivity contribution in [1.29, 1.82) is 0 Å². The highest BCUT2D eigenvalue weighted by molar-refractivity contribution is 9.10. The first-order valence-electron chi connectivity index (χ1n) is 7.11. The molecule has 2 heterocycles. The molecule has 128 valence electrons. The van der Waals surface area contributed by atoms with Crippen molar-refractivity contribution >= 4 is 43.3 Å². The van der Waals surface area contributed by atoms with Gasteiger partial charge in [-0.15, -0.1) is 11.3 Å². The quantitative estimate of drug-likeness (QED) is 0.549. The van der Waals surface area contributed by atoms with Crippen molar-refractivity contribution < 1.29 is 22.7 Å². The molecular formula is C15H14BrNO5S2. The Morgan fingerprint density at radius 3 is 2.54 bits per heavy atom. The van der Waals surface area contributed by atoms with Gasteiger partial charge in [0.2, 0.25) is 10.0 Å². The van der Waals surface area contributed by atoms with E-state index in [-0.39, 0.29) is 9.77 Å². The Morgan fingerprint density at radius 1 is 1.21 bits per heavy atom. The van der Waals surface area contributed by atoms with Crippen molar-refractivity contribution in [2.45, 2.75) is 4.90 Å². The van der Waals surface area contributed by atoms with E-state index in [9.17, 15) is 13.2 Å². The number of morpholine rings is 1. The third-order valence-electron chi connectivity index (χ3n) is 3.41. The number of hydrogen-bond donors (Lipinski definition) is 0. The van der Waals surface area contributed by atoms with Crippen LogP contribution in [0.2, 0.25) is 0 Å². The Bertz CT molecular complexity index is 826. The van der Waals surface area contributed by atoms with E-state index >= 15 is 0 Å². The lowest BCUT2D eigenvalue weighted by atomic mass is 10.3. The smallest absolute Gasteiger partial charge is 0.353 e. The Labute approximate surface area is 152 Å². The summed E-state index contributed by atoms with van der Waals surface area (Å²) in [6, 6.07) is 8.18. The normalized spacial score (nSPS) is 16.0. The number of rotatable bonds is 4. The molecule has 1 aromatic carbocycles. The van der Waals surface area contributed by atoms with Gasteiger partial charge in [-0.05, 0) is 30.3 Å². The number of esters is 1. The molecule has 0 bridgehead atoms. The monoisotopic (exact) mass is 431 g/mol. The third kappa shape index (κ3) is 3.86. The fourth-order valence-corrected chi connectivity index (χ4v) is 4.97. The number of ether oxygens (including phenoxy) is 2. The van der Waals surface area contributed by atoms with Gasteiger partial charge >= 0.3 is 5.97 Å². The molecule has 24 heavy (non-hydrogen) atoms. The molecule has 1 fully saturated rings. The lowest BCUT2D eigenvalue weighted by molar-refractivity contribution is 0.0729. The molecule has 0 atom stereocenters. The van der Waals surface area contributed by atoms with Gasteiger partial charge in [0.15, 0.2) is 0 Å². The van der Waals surface area contributed by atoms with Crippen molar-refractivity contribution in [2.75, 3.05) is 26.3 Å². The Kier molecular flexibility index (Phi) is 5.36. The predicted molar refractivity (Wildman–Crippen MR) is 93.0 cm³/mol. The molecule has 0 saturated carbocycles. The van der Waals surface area contributed by atoms with Gasteiger partial charge in [-0.3, -0.25) is 0 Å². The Balaban J connectivity index is 1.74. The molecule has 0 radical (unpaired) electrons. The molecule has 0 amide bonds. The van der Waals surface area contributed by atoms with Crippen LogP contribution in [0.15, 0.2) is 45.1 Å². The van der Waals surface area contributed by atoms with E-state index in [0.29, 0.717) is 32.1 Å². The predicted octanol–water partition coefficient (Wildman–Crippen LogP) is 2.75. The summed E-state index contributed by atoms with van der Waals surface area (Å²) in [6.45, 7) is 1.39. The molecule has 1 saturated heterocycles. The highest BCUT2D eigenvalue weighted by Gasteiger charge is 2.28. The fourth-order valence-electron chi connectivity index (χ4n) is 2.16. The molecular weight excluding hydrogens is 418 g/mol. The zero-order chi connectivity index (χ0) is 17.2. The number of carbonyl (C=O) groups is 1. The fraction of sp³-hybridized carbons (Fsp3) is 0.267. The lowest BCUT2D eigenvalue weighted by Crippen LogP contribution is -2.40. The largest absolute Gasteiger partial charge is 0.422 e. The number of halogens is 1. The van der Waals surface area contributed by atoms with Crippen molar-refractivity contribution in [3.05, 3.63) is 45.1 Å². The molecule has 9 heteroatoms. The highest BCUT2D eigenvalue weighted by Crippen LogP contribution is 2.25. The van der Waals surface area contributed by atoms with Crippen molar-refractivity contribution in [3.8, 4) is 5.75 Å². The van der Waals surface area contributed by atoms with Crippen molar-refractivity contribution in [3.63, 3.8) is 0 Å². The number of sulfonamides is 1. The summed E-state index contributed by atoms with van der Waals surface area (Å²) in [5.74, 6) is -0.181. The van der Waals surface area contributed by atoms with E-state index in [2.05, 4.69) is 15.9 Å². The van der Waals surface area contributed by atoms with E-state index < -0.39 is 16.0 Å². The van der Waals surface area contributed by atoms with Crippen molar-refractivity contribution in [2.24, 2.45) is 0 Å². The molecule has 1 aliphatic rings. The first-order valence-corrected chi connectivity index (χ1v) is 10.2. The molecule has 0 N–H and O–H groups in total. The van der Waals surface area contributed by atoms with Gasteiger partial charge in [0.25, 0.3) is 0 Å². The van der Waals surface area contributed by atoms with Crippen LogP contribution in [-0.4, -0.2) is 45.0 Å². The van der Waals surface area contributed by atoms with Crippen LogP contribution in [0.3, 0.4) is 0 Å². The SMILES string of the molecule is O=C(Oc1ccc(Br)cc1)c1cc(S(=O)(=O)N2CCOCC2)cs1. The summed E-state index contributed by atoms with van der Waals surface area (Å²) in [7, 11) is -3.60. The van der Waals surface area contributed by atoms with Crippen LogP contribution in [0.1, 0.15) is 9.67 Å². The second-order valence-electron chi connectivity index (χ2n) is 5.01. The van der Waals surface area contributed by atoms with Crippen LogP contribution in [-0.2, 0) is 14.8 Å². The van der Waals surface area contributed by atoms with Crippen LogP contribution < -0.4 is 4.74 Å². The Hall–Kier alpha value is -1.26. The summed E-state index contributed by atoms with van der Waals surface area (Å²) >= 11 is 4.35. The zero-order valence-corrected chi connectivity index (χ0v) is 15.7. The second kappa shape index (κ2) is 7.32. The van der Waals surface area contributed by atoms with Gasteiger partial charge in [0, 0.05) is 22.9 Å². The average molecular weight is 432 g/mol. The maximum absolute atomic E-state index is 12.5. The first-order chi connectivity index (χ1) is 11.5. The molecule has 6 nitrogen and oxygen atoms in total. The number of hydrogen-bond acceptors (Lipinski definition) is 6. The molecule has 1 aromatic heterocycles. The van der Waals surface area contributed by atoms with Gasteiger partial charge < -0.3 is 9.47 Å². The van der Waals surface area contributed by atoms with Crippen LogP contribution >= 0.6 is 27.3 Å². The summed E-state index contributed by atoms with van der Waals surface area (Å²) in [6.07, 6.45) is 0. The van der Waals surface area contributed by atoms with E-state index in [1.807, 2.05) is 0 Å². The molecule has 0 unspecified atom stereocenters. The maximum Gasteiger partial charge on any atom is 0.353 e. The van der Waals surface area contributed by atoms with Crippen LogP contribution in [0.4, 0.5) is 0 Å². The molecule has 2 aromatic rings. The Morgan fingerprint density at radius 2 is 1.88 bits per heavy atom. The zero-order valence-electron chi connectivity index (χ0n) is 12.5. The number of thiophene rings is 1. The summed E-state index contributed by atoms with van der Waals surface area (Å²) in [5, 5.41) is 1.46. The lowest BCUT2D eigenvalue weighted by Gasteiger charge is -2.25. The van der Waals surface area contributed by atoms with E-state index in [1.54, 1.807) is 24.3 Å². The van der Waals surface area contributed by atoms with Crippen LogP contribution in [0, 0.1) is 0 Å². The highest BCUT2D eigenvalue weighted by atomic mass is 79.9. The number of carbonyl (C=O) groups excluding carboxylic acids is 1. The summed E-state index contributed by atoms with van der Waals surface area (Å²) < 4.78 is 37.7. The van der Waals surface area contributed by atoms with Gasteiger partial charge in [-0.25, -0.2) is 13.2 Å². The average Bonchev–Trinajstić information content (AvgIpc) is 3.09. The minimum Gasteiger partial charge on any atom is -0.422 e. The minimum atomic E-state index is -3.60. The van der Waals surface area contributed by atoms with Crippen molar-refractivity contribution in [1.82, 2.24) is 4.31 Å². The molecule has 0 aliphatic carbocycles. The van der Waals surface area contributed by atoms with Gasteiger partial charge in [-0.2, -0.15) is 4.31 Å². The summed E-state index contributed by atoms with van der Waals surface area (Å²) in [4.78, 5) is 12.5. The number of benzene rings is 1. The standard InChI is InChI=1S/C15H14BrNO5S2/c16-11-1-3-12(4-2-11)22-15(18)14-9-13(10-23-14)24(19,20)17-5-7-21-8-6-17/h1-4,9-10H,5-8H2. The summed E-state index contributed by atoms with van der Waals surface area (Å²) in [5.41, 5.74) is 0. The van der Waals surface area contributed by atoms with Gasteiger partial charge in [0.1, 0.15) is 10.6 Å². The van der Waals surface area contributed by atoms with E-state index in [1.165, 1.54) is 15.8 Å². The molecule has 1 aliphatic heterocycles. The maximum atomic E-state index is 12.5. The van der Waals surface area contributed by atoms with Crippen LogP contribution in [0.5, 0.6) is 5.75 Å². The van der Waals surface area contributed by atoms with E-state index in [4.69, 9.17) is 9.47 Å². The third-order valence-corrected chi connectivity index (χ3v) is 6.87. The van der Waals surface area contributed by atoms with Gasteiger partial charge in [0.05, 0.1) is 18.1 Å².